The molecule has 3 aromatic carbocycles. The highest BCUT2D eigenvalue weighted by Crippen LogP contribution is 2.32. The molecule has 0 unspecified atom stereocenters. The van der Waals surface area contributed by atoms with Crippen molar-refractivity contribution in [2.45, 2.75) is 33.6 Å². The Morgan fingerprint density at radius 1 is 1.00 bits per heavy atom. The van der Waals surface area contributed by atoms with Gasteiger partial charge in [0.2, 0.25) is 0 Å². The van der Waals surface area contributed by atoms with Crippen LogP contribution in [-0.4, -0.2) is 31.8 Å². The SMILES string of the molecule is COc1cc(/C=N\NC(=O)COc2cc(C)c(Br)cc2C(C)C)ccc1OC(=O)c1ccc(C)cc1. The standard InChI is InChI=1S/C28H29BrN2O5/c1-17(2)22-14-23(29)19(4)12-25(22)35-16-27(32)31-30-15-20-8-11-24(26(13-20)34-5)36-28(33)21-9-6-18(3)7-10-21/h6-15,17H,16H2,1-5H3,(H,31,32)/b30-15-. The molecule has 1 amide bonds. The second kappa shape index (κ2) is 12.4. The van der Waals surface area contributed by atoms with Gasteiger partial charge in [-0.1, -0.05) is 47.5 Å². The molecule has 0 atom stereocenters. The molecule has 3 rings (SSSR count). The van der Waals surface area contributed by atoms with Crippen LogP contribution in [0.4, 0.5) is 0 Å². The van der Waals surface area contributed by atoms with E-state index >= 15 is 0 Å². The fourth-order valence-electron chi connectivity index (χ4n) is 3.30. The van der Waals surface area contributed by atoms with Gasteiger partial charge < -0.3 is 14.2 Å². The van der Waals surface area contributed by atoms with E-state index in [1.54, 1.807) is 30.3 Å². The van der Waals surface area contributed by atoms with Crippen LogP contribution in [0.2, 0.25) is 0 Å². The van der Waals surface area contributed by atoms with Gasteiger partial charge in [0.15, 0.2) is 18.1 Å². The van der Waals surface area contributed by atoms with E-state index < -0.39 is 11.9 Å². The second-order valence-electron chi connectivity index (χ2n) is 8.54. The number of hydrogen-bond donors (Lipinski definition) is 1. The van der Waals surface area contributed by atoms with E-state index in [-0.39, 0.29) is 18.3 Å². The number of esters is 1. The third-order valence-electron chi connectivity index (χ3n) is 5.35. The summed E-state index contributed by atoms with van der Waals surface area (Å²) in [6.45, 7) is 7.87. The van der Waals surface area contributed by atoms with Gasteiger partial charge in [-0.15, -0.1) is 0 Å². The molecule has 0 aliphatic heterocycles. The van der Waals surface area contributed by atoms with Crippen molar-refractivity contribution < 1.29 is 23.8 Å². The molecular weight excluding hydrogens is 524 g/mol. The van der Waals surface area contributed by atoms with Crippen LogP contribution in [0, 0.1) is 13.8 Å². The number of benzene rings is 3. The summed E-state index contributed by atoms with van der Waals surface area (Å²) in [7, 11) is 1.48. The number of halogens is 1. The summed E-state index contributed by atoms with van der Waals surface area (Å²) in [6, 6.07) is 16.0. The molecule has 0 aromatic heterocycles. The van der Waals surface area contributed by atoms with Gasteiger partial charge >= 0.3 is 5.97 Å². The van der Waals surface area contributed by atoms with Crippen molar-refractivity contribution in [3.8, 4) is 17.2 Å². The number of aryl methyl sites for hydroxylation is 2. The third kappa shape index (κ3) is 7.18. The molecule has 0 saturated carbocycles. The number of carbonyl (C=O) groups is 2. The zero-order valence-electron chi connectivity index (χ0n) is 20.9. The molecule has 0 aliphatic carbocycles. The quantitative estimate of drug-likeness (QED) is 0.153. The van der Waals surface area contributed by atoms with Gasteiger partial charge in [0.25, 0.3) is 5.91 Å². The Hall–Kier alpha value is -3.65. The van der Waals surface area contributed by atoms with E-state index in [4.69, 9.17) is 14.2 Å². The molecule has 1 N–H and O–H groups in total. The first-order chi connectivity index (χ1) is 17.2. The Labute approximate surface area is 219 Å². The van der Waals surface area contributed by atoms with Crippen LogP contribution < -0.4 is 19.6 Å². The maximum absolute atomic E-state index is 12.4. The minimum Gasteiger partial charge on any atom is -0.493 e. The van der Waals surface area contributed by atoms with Crippen molar-refractivity contribution in [1.82, 2.24) is 5.43 Å². The summed E-state index contributed by atoms with van der Waals surface area (Å²) in [5, 5.41) is 3.99. The molecule has 0 radical (unpaired) electrons. The molecule has 8 heteroatoms. The molecule has 0 saturated heterocycles. The highest BCUT2D eigenvalue weighted by Gasteiger charge is 2.14. The Bertz CT molecular complexity index is 1270. The number of rotatable bonds is 9. The highest BCUT2D eigenvalue weighted by molar-refractivity contribution is 9.10. The monoisotopic (exact) mass is 552 g/mol. The average Bonchev–Trinajstić information content (AvgIpc) is 2.85. The van der Waals surface area contributed by atoms with Crippen LogP contribution in [0.15, 0.2) is 64.2 Å². The second-order valence-corrected chi connectivity index (χ2v) is 9.40. The zero-order valence-corrected chi connectivity index (χ0v) is 22.5. The van der Waals surface area contributed by atoms with Crippen LogP contribution in [0.5, 0.6) is 17.2 Å². The van der Waals surface area contributed by atoms with Crippen LogP contribution >= 0.6 is 15.9 Å². The van der Waals surface area contributed by atoms with Gasteiger partial charge in [-0.3, -0.25) is 4.79 Å². The Morgan fingerprint density at radius 2 is 1.72 bits per heavy atom. The van der Waals surface area contributed by atoms with E-state index in [9.17, 15) is 9.59 Å². The van der Waals surface area contributed by atoms with Crippen LogP contribution in [-0.2, 0) is 4.79 Å². The number of carbonyl (C=O) groups excluding carboxylic acids is 2. The first-order valence-corrected chi connectivity index (χ1v) is 12.2. The van der Waals surface area contributed by atoms with Gasteiger partial charge in [-0.25, -0.2) is 10.2 Å². The number of nitrogens with one attached hydrogen (secondary N) is 1. The average molecular weight is 553 g/mol. The Balaban J connectivity index is 1.59. The summed E-state index contributed by atoms with van der Waals surface area (Å²) < 4.78 is 17.6. The minimum absolute atomic E-state index is 0.171. The summed E-state index contributed by atoms with van der Waals surface area (Å²) in [4.78, 5) is 24.7. The smallest absolute Gasteiger partial charge is 0.343 e. The normalized spacial score (nSPS) is 11.0. The van der Waals surface area contributed by atoms with Gasteiger partial charge in [0, 0.05) is 4.47 Å². The zero-order chi connectivity index (χ0) is 26.2. The lowest BCUT2D eigenvalue weighted by Gasteiger charge is -2.15. The number of hydrogen-bond acceptors (Lipinski definition) is 6. The van der Waals surface area contributed by atoms with E-state index in [1.807, 2.05) is 38.1 Å². The molecular formula is C28H29BrN2O5. The molecule has 3 aromatic rings. The van der Waals surface area contributed by atoms with Crippen molar-refractivity contribution in [2.75, 3.05) is 13.7 Å². The van der Waals surface area contributed by atoms with E-state index in [0.717, 1.165) is 21.2 Å². The number of amides is 1. The van der Waals surface area contributed by atoms with E-state index in [0.29, 0.717) is 22.6 Å². The predicted molar refractivity (Wildman–Crippen MR) is 143 cm³/mol. The lowest BCUT2D eigenvalue weighted by atomic mass is 10.0. The van der Waals surface area contributed by atoms with Crippen molar-refractivity contribution in [2.24, 2.45) is 5.10 Å². The number of hydrazone groups is 1. The summed E-state index contributed by atoms with van der Waals surface area (Å²) in [6.07, 6.45) is 1.47. The topological polar surface area (TPSA) is 86.2 Å². The molecule has 188 valence electrons. The Kier molecular flexibility index (Phi) is 9.25. The lowest BCUT2D eigenvalue weighted by molar-refractivity contribution is -0.123. The maximum Gasteiger partial charge on any atom is 0.343 e. The lowest BCUT2D eigenvalue weighted by Crippen LogP contribution is -2.25. The highest BCUT2D eigenvalue weighted by atomic mass is 79.9. The van der Waals surface area contributed by atoms with Crippen molar-refractivity contribution >= 4 is 34.0 Å². The van der Waals surface area contributed by atoms with Crippen LogP contribution in [0.1, 0.15) is 52.4 Å². The first kappa shape index (κ1) is 26.9. The van der Waals surface area contributed by atoms with E-state index in [1.165, 1.54) is 13.3 Å². The van der Waals surface area contributed by atoms with Crippen molar-refractivity contribution in [1.29, 1.82) is 0 Å². The largest absolute Gasteiger partial charge is 0.493 e. The van der Waals surface area contributed by atoms with Crippen molar-refractivity contribution in [3.05, 3.63) is 86.9 Å². The van der Waals surface area contributed by atoms with E-state index in [2.05, 4.69) is 40.3 Å². The maximum atomic E-state index is 12.4. The summed E-state index contributed by atoms with van der Waals surface area (Å²) in [5.41, 5.74) is 6.63. The number of ether oxygens (including phenoxy) is 3. The van der Waals surface area contributed by atoms with Gasteiger partial charge in [-0.2, -0.15) is 5.10 Å². The summed E-state index contributed by atoms with van der Waals surface area (Å²) >= 11 is 3.54. The first-order valence-electron chi connectivity index (χ1n) is 11.4. The third-order valence-corrected chi connectivity index (χ3v) is 6.21. The molecule has 0 heterocycles. The number of nitrogens with zero attached hydrogens (tertiary/aromatic N) is 1. The molecule has 0 spiro atoms. The minimum atomic E-state index is -0.483. The van der Waals surface area contributed by atoms with Gasteiger partial charge in [0.05, 0.1) is 18.9 Å². The molecule has 0 bridgehead atoms. The predicted octanol–water partition coefficient (Wildman–Crippen LogP) is 5.95. The Morgan fingerprint density at radius 3 is 2.39 bits per heavy atom. The summed E-state index contributed by atoms with van der Waals surface area (Å²) in [5.74, 6) is 0.683. The van der Waals surface area contributed by atoms with Gasteiger partial charge in [-0.05, 0) is 78.9 Å². The molecule has 0 aliphatic rings. The van der Waals surface area contributed by atoms with Gasteiger partial charge in [0.1, 0.15) is 5.75 Å². The fourth-order valence-corrected chi connectivity index (χ4v) is 3.66. The molecule has 36 heavy (non-hydrogen) atoms. The van der Waals surface area contributed by atoms with Crippen LogP contribution in [0.25, 0.3) is 0 Å². The van der Waals surface area contributed by atoms with Crippen molar-refractivity contribution in [3.63, 3.8) is 0 Å². The number of methoxy groups -OCH3 is 1. The molecule has 0 fully saturated rings. The fraction of sp³-hybridized carbons (Fsp3) is 0.250. The van der Waals surface area contributed by atoms with Crippen LogP contribution in [0.3, 0.4) is 0 Å². The molecule has 7 nitrogen and oxygen atoms in total.